The summed E-state index contributed by atoms with van der Waals surface area (Å²) < 4.78 is 17.2. The second kappa shape index (κ2) is 9.22. The summed E-state index contributed by atoms with van der Waals surface area (Å²) in [4.78, 5) is 38.0. The number of benzene rings is 3. The van der Waals surface area contributed by atoms with Crippen LogP contribution >= 0.6 is 0 Å². The third-order valence-corrected chi connectivity index (χ3v) is 5.58. The molecular weight excluding hydrogens is 450 g/mol. The molecule has 0 unspecified atom stereocenters. The molecule has 1 aliphatic heterocycles. The molecule has 2 N–H and O–H groups in total. The zero-order chi connectivity index (χ0) is 24.4. The largest absolute Gasteiger partial charge is 0.465 e. The van der Waals surface area contributed by atoms with Gasteiger partial charge >= 0.3 is 5.97 Å². The normalized spacial score (nSPS) is 11.8. The maximum Gasteiger partial charge on any atom is 0.340 e. The van der Waals surface area contributed by atoms with Crippen LogP contribution in [0.3, 0.4) is 0 Å². The van der Waals surface area contributed by atoms with Crippen LogP contribution in [0.15, 0.2) is 72.9 Å². The Morgan fingerprint density at radius 2 is 1.69 bits per heavy atom. The van der Waals surface area contributed by atoms with Crippen molar-refractivity contribution in [2.45, 2.75) is 6.54 Å². The molecule has 9 heteroatoms. The molecule has 0 spiro atoms. The molecule has 1 aromatic heterocycles. The van der Waals surface area contributed by atoms with E-state index >= 15 is 0 Å². The quantitative estimate of drug-likeness (QED) is 0.411. The second-order valence-corrected chi connectivity index (χ2v) is 7.80. The summed E-state index contributed by atoms with van der Waals surface area (Å²) in [6.45, 7) is 0.0784. The number of esters is 1. The Hall–Kier alpha value is -4.79. The Morgan fingerprint density at radius 3 is 2.54 bits per heavy atom. The third kappa shape index (κ3) is 4.39. The summed E-state index contributed by atoms with van der Waals surface area (Å²) in [5.74, 6) is -0.0613. The number of fused-ring (bicyclic) bond motifs is 2. The van der Waals surface area contributed by atoms with Crippen molar-refractivity contribution >= 4 is 40.1 Å². The molecule has 2 amide bonds. The Bertz CT molecular complexity index is 1460. The van der Waals surface area contributed by atoms with Crippen molar-refractivity contribution in [1.29, 1.82) is 0 Å². The molecule has 0 bridgehead atoms. The van der Waals surface area contributed by atoms with Crippen LogP contribution in [0.4, 0.5) is 11.4 Å². The molecule has 4 aromatic rings. The highest BCUT2D eigenvalue weighted by molar-refractivity contribution is 6.10. The van der Waals surface area contributed by atoms with E-state index in [9.17, 15) is 14.4 Å². The molecule has 0 aliphatic carbocycles. The number of carbonyl (C=O) groups is 3. The number of nitrogens with zero attached hydrogens (tertiary/aromatic N) is 1. The van der Waals surface area contributed by atoms with Gasteiger partial charge < -0.3 is 29.4 Å². The predicted octanol–water partition coefficient (Wildman–Crippen LogP) is 4.05. The monoisotopic (exact) mass is 471 g/mol. The van der Waals surface area contributed by atoms with Gasteiger partial charge in [0.25, 0.3) is 5.91 Å². The van der Waals surface area contributed by atoms with Crippen LogP contribution in [0.2, 0.25) is 0 Å². The first kappa shape index (κ1) is 22.0. The Balaban J connectivity index is 1.34. The molecule has 2 heterocycles. The maximum absolute atomic E-state index is 13.0. The van der Waals surface area contributed by atoms with Gasteiger partial charge in [-0.15, -0.1) is 0 Å². The van der Waals surface area contributed by atoms with Gasteiger partial charge in [0.2, 0.25) is 12.7 Å². The first-order chi connectivity index (χ1) is 17.0. The van der Waals surface area contributed by atoms with E-state index in [2.05, 4.69) is 10.6 Å². The lowest BCUT2D eigenvalue weighted by atomic mass is 10.1. The number of methoxy groups -OCH3 is 1. The number of para-hydroxylation sites is 2. The fraction of sp³-hybridized carbons (Fsp3) is 0.115. The minimum atomic E-state index is -0.481. The van der Waals surface area contributed by atoms with E-state index in [1.165, 1.54) is 7.11 Å². The topological polar surface area (TPSA) is 108 Å². The van der Waals surface area contributed by atoms with E-state index in [0.29, 0.717) is 39.4 Å². The van der Waals surface area contributed by atoms with Crippen LogP contribution < -0.4 is 20.1 Å². The van der Waals surface area contributed by atoms with Crippen molar-refractivity contribution in [1.82, 2.24) is 4.57 Å². The molecule has 0 atom stereocenters. The number of hydrogen-bond acceptors (Lipinski definition) is 6. The Kier molecular flexibility index (Phi) is 5.80. The highest BCUT2D eigenvalue weighted by atomic mass is 16.7. The first-order valence-corrected chi connectivity index (χ1v) is 10.8. The van der Waals surface area contributed by atoms with Crippen molar-refractivity contribution in [2.24, 2.45) is 0 Å². The summed E-state index contributed by atoms with van der Waals surface area (Å²) in [5, 5.41) is 6.31. The van der Waals surface area contributed by atoms with Crippen LogP contribution in [-0.2, 0) is 16.1 Å². The first-order valence-electron chi connectivity index (χ1n) is 10.8. The molecule has 0 saturated carbocycles. The van der Waals surface area contributed by atoms with E-state index in [4.69, 9.17) is 14.2 Å². The Labute approximate surface area is 200 Å². The highest BCUT2D eigenvalue weighted by Crippen LogP contribution is 2.34. The van der Waals surface area contributed by atoms with Crippen LogP contribution in [0.5, 0.6) is 11.5 Å². The molecule has 0 radical (unpaired) electrons. The minimum absolute atomic E-state index is 0.0599. The van der Waals surface area contributed by atoms with Crippen LogP contribution in [-0.4, -0.2) is 36.3 Å². The van der Waals surface area contributed by atoms with Crippen molar-refractivity contribution < 1.29 is 28.6 Å². The fourth-order valence-electron chi connectivity index (χ4n) is 3.96. The van der Waals surface area contributed by atoms with Gasteiger partial charge in [-0.1, -0.05) is 30.3 Å². The summed E-state index contributed by atoms with van der Waals surface area (Å²) in [6.07, 6.45) is 1.59. The number of amides is 2. The zero-order valence-electron chi connectivity index (χ0n) is 18.7. The van der Waals surface area contributed by atoms with Crippen molar-refractivity contribution in [2.75, 3.05) is 24.5 Å². The lowest BCUT2D eigenvalue weighted by Crippen LogP contribution is -2.21. The number of nitrogens with one attached hydrogen (secondary N) is 2. The zero-order valence-corrected chi connectivity index (χ0v) is 18.7. The van der Waals surface area contributed by atoms with Gasteiger partial charge in [-0.25, -0.2) is 4.79 Å². The average Bonchev–Trinajstić information content (AvgIpc) is 3.48. The van der Waals surface area contributed by atoms with Crippen LogP contribution in [0, 0.1) is 0 Å². The molecule has 176 valence electrons. The standard InChI is InChI=1S/C26H21N3O6/c1-33-26(32)19-13-29(21-9-5-3-6-17(19)21)14-24(30)28-20-8-4-2-7-18(20)25(31)27-16-10-11-22-23(12-16)35-15-34-22/h2-13H,14-15H2,1H3,(H,27,31)(H,28,30). The van der Waals surface area contributed by atoms with E-state index < -0.39 is 5.97 Å². The molecule has 9 nitrogen and oxygen atoms in total. The van der Waals surface area contributed by atoms with Crippen LogP contribution in [0.1, 0.15) is 20.7 Å². The van der Waals surface area contributed by atoms with Gasteiger partial charge in [-0.3, -0.25) is 9.59 Å². The third-order valence-electron chi connectivity index (χ3n) is 5.58. The highest BCUT2D eigenvalue weighted by Gasteiger charge is 2.19. The molecule has 35 heavy (non-hydrogen) atoms. The number of hydrogen-bond donors (Lipinski definition) is 2. The van der Waals surface area contributed by atoms with Gasteiger partial charge in [-0.05, 0) is 30.3 Å². The van der Waals surface area contributed by atoms with E-state index in [0.717, 1.165) is 5.52 Å². The molecular formula is C26H21N3O6. The number of anilines is 2. The average molecular weight is 471 g/mol. The van der Waals surface area contributed by atoms with Gasteiger partial charge in [0.15, 0.2) is 11.5 Å². The summed E-state index contributed by atoms with van der Waals surface area (Å²) >= 11 is 0. The lowest BCUT2D eigenvalue weighted by Gasteiger charge is -2.12. The van der Waals surface area contributed by atoms with E-state index in [1.54, 1.807) is 59.3 Å². The number of rotatable bonds is 6. The molecule has 1 aliphatic rings. The van der Waals surface area contributed by atoms with Crippen molar-refractivity contribution in [3.63, 3.8) is 0 Å². The van der Waals surface area contributed by atoms with Crippen molar-refractivity contribution in [3.05, 3.63) is 84.1 Å². The molecule has 0 saturated heterocycles. The van der Waals surface area contributed by atoms with Crippen LogP contribution in [0.25, 0.3) is 10.9 Å². The smallest absolute Gasteiger partial charge is 0.340 e. The molecule has 5 rings (SSSR count). The lowest BCUT2D eigenvalue weighted by molar-refractivity contribution is -0.116. The number of carbonyl (C=O) groups excluding carboxylic acids is 3. The van der Waals surface area contributed by atoms with Gasteiger partial charge in [-0.2, -0.15) is 0 Å². The fourth-order valence-corrected chi connectivity index (χ4v) is 3.96. The SMILES string of the molecule is COC(=O)c1cn(CC(=O)Nc2ccccc2C(=O)Nc2ccc3c(c2)OCO3)c2ccccc12. The number of ether oxygens (including phenoxy) is 3. The Morgan fingerprint density at radius 1 is 0.914 bits per heavy atom. The summed E-state index contributed by atoms with van der Waals surface area (Å²) in [5.41, 5.74) is 2.29. The summed E-state index contributed by atoms with van der Waals surface area (Å²) in [6, 6.07) is 19.1. The van der Waals surface area contributed by atoms with E-state index in [1.807, 2.05) is 18.2 Å². The van der Waals surface area contributed by atoms with E-state index in [-0.39, 0.29) is 25.2 Å². The van der Waals surface area contributed by atoms with Gasteiger partial charge in [0.05, 0.1) is 23.9 Å². The minimum Gasteiger partial charge on any atom is -0.465 e. The maximum atomic E-state index is 13.0. The molecule has 0 fully saturated rings. The van der Waals surface area contributed by atoms with Gasteiger partial charge in [0, 0.05) is 28.9 Å². The number of aromatic nitrogens is 1. The second-order valence-electron chi connectivity index (χ2n) is 7.80. The summed E-state index contributed by atoms with van der Waals surface area (Å²) in [7, 11) is 1.31. The predicted molar refractivity (Wildman–Crippen MR) is 129 cm³/mol. The van der Waals surface area contributed by atoms with Gasteiger partial charge in [0.1, 0.15) is 6.54 Å². The molecule has 3 aromatic carbocycles. The van der Waals surface area contributed by atoms with Crippen molar-refractivity contribution in [3.8, 4) is 11.5 Å².